The number of rotatable bonds is 7. The molecular weight excluding hydrogens is 456 g/mol. The Labute approximate surface area is 193 Å². The second-order valence-electron chi connectivity index (χ2n) is 9.06. The van der Waals surface area contributed by atoms with Gasteiger partial charge in [-0.1, -0.05) is 6.07 Å². The zero-order valence-corrected chi connectivity index (χ0v) is 20.0. The number of carbonyl (C=O) groups is 1. The number of carbonyl (C=O) groups excluding carboxylic acids is 1. The first kappa shape index (κ1) is 25.4. The number of hydrogen-bond donors (Lipinski definition) is 1. The average Bonchev–Trinajstić information content (AvgIpc) is 2.72. The van der Waals surface area contributed by atoms with Gasteiger partial charge in [-0.25, -0.2) is 17.9 Å². The van der Waals surface area contributed by atoms with Gasteiger partial charge < -0.3 is 14.4 Å². The largest absolute Gasteiger partial charge is 0.444 e. The van der Waals surface area contributed by atoms with Crippen LogP contribution in [0.1, 0.15) is 38.3 Å². The highest BCUT2D eigenvalue weighted by Gasteiger charge is 2.26. The average molecular weight is 488 g/mol. The molecule has 2 aliphatic rings. The number of piperazine rings is 1. The van der Waals surface area contributed by atoms with Gasteiger partial charge in [-0.05, 0) is 62.9 Å². The van der Waals surface area contributed by atoms with Crippen LogP contribution in [0, 0.1) is 0 Å². The number of aryl methyl sites for hydroxylation is 1. The molecule has 1 aromatic rings. The lowest BCUT2D eigenvalue weighted by Gasteiger charge is -2.35. The van der Waals surface area contributed by atoms with Crippen LogP contribution < -0.4 is 9.46 Å². The summed E-state index contributed by atoms with van der Waals surface area (Å²) in [6.45, 7) is 5.69. The molecule has 1 aliphatic carbocycles. The van der Waals surface area contributed by atoms with Crippen LogP contribution in [0.3, 0.4) is 0 Å². The molecule has 1 heterocycles. The minimum atomic E-state index is -3.65. The fourth-order valence-corrected chi connectivity index (χ4v) is 4.94. The van der Waals surface area contributed by atoms with Crippen LogP contribution in [0.5, 0.6) is 5.75 Å². The van der Waals surface area contributed by atoms with Crippen LogP contribution in [0.4, 0.5) is 13.6 Å². The van der Waals surface area contributed by atoms with Gasteiger partial charge in [0.05, 0.1) is 4.91 Å². The van der Waals surface area contributed by atoms with E-state index in [1.165, 1.54) is 12.1 Å². The quantitative estimate of drug-likeness (QED) is 0.636. The number of amides is 1. The fraction of sp³-hybridized carbons (Fsp3) is 0.591. The Morgan fingerprint density at radius 1 is 1.15 bits per heavy atom. The molecule has 11 heteroatoms. The predicted octanol–water partition coefficient (Wildman–Crippen LogP) is 3.05. The van der Waals surface area contributed by atoms with E-state index in [1.807, 2.05) is 20.8 Å². The first-order valence-corrected chi connectivity index (χ1v) is 12.4. The summed E-state index contributed by atoms with van der Waals surface area (Å²) in [5.41, 5.74) is 0.916. The highest BCUT2D eigenvalue weighted by Crippen LogP contribution is 2.30. The van der Waals surface area contributed by atoms with Crippen molar-refractivity contribution in [2.24, 2.45) is 0 Å². The topological polar surface area (TPSA) is 88.2 Å². The van der Waals surface area contributed by atoms with Gasteiger partial charge in [0.1, 0.15) is 11.4 Å². The third-order valence-corrected chi connectivity index (χ3v) is 6.98. The van der Waals surface area contributed by atoms with Gasteiger partial charge in [0.25, 0.3) is 0 Å². The van der Waals surface area contributed by atoms with Crippen LogP contribution in [-0.2, 0) is 21.2 Å². The van der Waals surface area contributed by atoms with Crippen molar-refractivity contribution >= 4 is 22.2 Å². The molecule has 0 saturated carbocycles. The number of ether oxygens (including phenoxy) is 2. The lowest BCUT2D eigenvalue weighted by atomic mass is 9.97. The molecule has 0 aromatic heterocycles. The summed E-state index contributed by atoms with van der Waals surface area (Å²) in [6, 6.07) is 4.51. The Bertz CT molecular complexity index is 984. The molecule has 8 nitrogen and oxygen atoms in total. The van der Waals surface area contributed by atoms with Gasteiger partial charge in [-0.15, -0.1) is 0 Å². The maximum absolute atomic E-state index is 12.7. The van der Waals surface area contributed by atoms with Crippen LogP contribution in [0.25, 0.3) is 6.08 Å². The molecule has 1 aliphatic heterocycles. The van der Waals surface area contributed by atoms with Crippen molar-refractivity contribution in [1.29, 1.82) is 0 Å². The van der Waals surface area contributed by atoms with E-state index in [9.17, 15) is 22.0 Å². The summed E-state index contributed by atoms with van der Waals surface area (Å²) in [4.78, 5) is 16.2. The molecule has 33 heavy (non-hydrogen) atoms. The second kappa shape index (κ2) is 10.4. The lowest BCUT2D eigenvalue weighted by Crippen LogP contribution is -2.51. The van der Waals surface area contributed by atoms with Gasteiger partial charge in [0.2, 0.25) is 10.0 Å². The first-order valence-electron chi connectivity index (χ1n) is 10.9. The number of halogens is 2. The standard InChI is InChI=1S/C22H31F2N3O5S/c1-22(2,3)32-21(28)27-12-10-26(11-13-27)9-8-25-33(29,30)19-7-5-16-14-18(31-20(23)24)6-4-17(16)15-19/h4,6,14-15,20,25H,5,7-13H2,1-3H3. The Morgan fingerprint density at radius 2 is 1.85 bits per heavy atom. The maximum Gasteiger partial charge on any atom is 0.410 e. The Kier molecular flexibility index (Phi) is 7.96. The molecule has 0 bridgehead atoms. The van der Waals surface area contributed by atoms with E-state index in [0.717, 1.165) is 5.56 Å². The summed E-state index contributed by atoms with van der Waals surface area (Å²) >= 11 is 0. The van der Waals surface area contributed by atoms with E-state index in [4.69, 9.17) is 4.74 Å². The number of hydrogen-bond acceptors (Lipinski definition) is 6. The molecule has 0 spiro atoms. The van der Waals surface area contributed by atoms with E-state index < -0.39 is 22.2 Å². The summed E-state index contributed by atoms with van der Waals surface area (Å²) in [7, 11) is -3.65. The monoisotopic (exact) mass is 487 g/mol. The third kappa shape index (κ3) is 7.38. The first-order chi connectivity index (χ1) is 15.4. The Morgan fingerprint density at radius 3 is 2.48 bits per heavy atom. The predicted molar refractivity (Wildman–Crippen MR) is 121 cm³/mol. The zero-order chi connectivity index (χ0) is 24.2. The summed E-state index contributed by atoms with van der Waals surface area (Å²) in [5, 5.41) is 0. The van der Waals surface area contributed by atoms with Crippen molar-refractivity contribution in [1.82, 2.24) is 14.5 Å². The Balaban J connectivity index is 1.48. The molecule has 1 saturated heterocycles. The highest BCUT2D eigenvalue weighted by atomic mass is 32.2. The molecule has 1 amide bonds. The van der Waals surface area contributed by atoms with Crippen molar-refractivity contribution in [3.05, 3.63) is 34.2 Å². The van der Waals surface area contributed by atoms with E-state index >= 15 is 0 Å². The van der Waals surface area contributed by atoms with Crippen molar-refractivity contribution < 1.29 is 31.5 Å². The molecule has 0 radical (unpaired) electrons. The van der Waals surface area contributed by atoms with Crippen molar-refractivity contribution in [2.45, 2.75) is 45.8 Å². The van der Waals surface area contributed by atoms with Crippen molar-refractivity contribution in [3.8, 4) is 5.75 Å². The lowest BCUT2D eigenvalue weighted by molar-refractivity contribution is -0.0499. The summed E-state index contributed by atoms with van der Waals surface area (Å²) in [5.74, 6) is 0.0633. The molecule has 0 unspecified atom stereocenters. The van der Waals surface area contributed by atoms with E-state index in [0.29, 0.717) is 44.7 Å². The van der Waals surface area contributed by atoms with E-state index in [1.54, 1.807) is 17.0 Å². The molecule has 1 N–H and O–H groups in total. The fourth-order valence-electron chi connectivity index (χ4n) is 3.74. The molecule has 1 fully saturated rings. The van der Waals surface area contributed by atoms with Crippen LogP contribution >= 0.6 is 0 Å². The third-order valence-electron chi connectivity index (χ3n) is 5.39. The van der Waals surface area contributed by atoms with Crippen LogP contribution in [0.2, 0.25) is 0 Å². The molecular formula is C22H31F2N3O5S. The van der Waals surface area contributed by atoms with E-state index in [2.05, 4.69) is 14.4 Å². The van der Waals surface area contributed by atoms with E-state index in [-0.39, 0.29) is 29.7 Å². The van der Waals surface area contributed by atoms with Crippen molar-refractivity contribution in [2.75, 3.05) is 39.3 Å². The molecule has 1 aromatic carbocycles. The van der Waals surface area contributed by atoms with Gasteiger partial charge in [0, 0.05) is 39.3 Å². The van der Waals surface area contributed by atoms with Crippen LogP contribution in [-0.4, -0.2) is 75.8 Å². The van der Waals surface area contributed by atoms with Gasteiger partial charge >= 0.3 is 12.7 Å². The number of allylic oxidation sites excluding steroid dienone is 1. The van der Waals surface area contributed by atoms with Crippen LogP contribution in [0.15, 0.2) is 23.1 Å². The minimum Gasteiger partial charge on any atom is -0.444 e. The minimum absolute atomic E-state index is 0.0633. The number of sulfonamides is 1. The SMILES string of the molecule is CC(C)(C)OC(=O)N1CCN(CCNS(=O)(=O)C2=Cc3ccc(OC(F)F)cc3CC2)CC1. The maximum atomic E-state index is 12.7. The number of benzene rings is 1. The van der Waals surface area contributed by atoms with Gasteiger partial charge in [-0.2, -0.15) is 8.78 Å². The van der Waals surface area contributed by atoms with Gasteiger partial charge in [0.15, 0.2) is 0 Å². The normalized spacial score (nSPS) is 17.5. The Hall–Kier alpha value is -2.24. The second-order valence-corrected chi connectivity index (χ2v) is 10.9. The molecule has 3 rings (SSSR count). The number of nitrogens with zero attached hydrogens (tertiary/aromatic N) is 2. The highest BCUT2D eigenvalue weighted by molar-refractivity contribution is 7.93. The van der Waals surface area contributed by atoms with Crippen molar-refractivity contribution in [3.63, 3.8) is 0 Å². The number of nitrogens with one attached hydrogen (secondary N) is 1. The molecule has 184 valence electrons. The summed E-state index contributed by atoms with van der Waals surface area (Å²) in [6.07, 6.45) is 1.96. The molecule has 0 atom stereocenters. The smallest absolute Gasteiger partial charge is 0.410 e. The number of fused-ring (bicyclic) bond motifs is 1. The summed E-state index contributed by atoms with van der Waals surface area (Å²) < 4.78 is 62.7. The zero-order valence-electron chi connectivity index (χ0n) is 19.1. The van der Waals surface area contributed by atoms with Gasteiger partial charge in [-0.3, -0.25) is 4.90 Å². The number of alkyl halides is 2.